The number of hydrogen-bond donors (Lipinski definition) is 1. The molecule has 28 heavy (non-hydrogen) atoms. The van der Waals surface area contributed by atoms with Crippen LogP contribution in [0.2, 0.25) is 0 Å². The van der Waals surface area contributed by atoms with Crippen LogP contribution in [-0.4, -0.2) is 63.3 Å². The van der Waals surface area contributed by atoms with Gasteiger partial charge in [0.2, 0.25) is 0 Å². The highest BCUT2D eigenvalue weighted by atomic mass is 16.5. The average Bonchev–Trinajstić information content (AvgIpc) is 2.74. The van der Waals surface area contributed by atoms with E-state index in [1.54, 1.807) is 14.2 Å². The molecule has 0 saturated carbocycles. The summed E-state index contributed by atoms with van der Waals surface area (Å²) >= 11 is 0. The molecule has 1 atom stereocenters. The molecule has 1 aliphatic rings. The van der Waals surface area contributed by atoms with Crippen LogP contribution >= 0.6 is 0 Å². The number of carbonyl (C=O) groups is 1. The van der Waals surface area contributed by atoms with Crippen molar-refractivity contribution in [2.75, 3.05) is 47.4 Å². The lowest BCUT2D eigenvalue weighted by molar-refractivity contribution is 0.110. The van der Waals surface area contributed by atoms with Gasteiger partial charge in [-0.05, 0) is 42.8 Å². The van der Waals surface area contributed by atoms with Crippen molar-refractivity contribution in [1.29, 1.82) is 0 Å². The highest BCUT2D eigenvalue weighted by molar-refractivity contribution is 5.74. The van der Waals surface area contributed by atoms with Gasteiger partial charge in [-0.15, -0.1) is 0 Å². The molecule has 3 rings (SSSR count). The van der Waals surface area contributed by atoms with Crippen molar-refractivity contribution in [2.45, 2.75) is 12.5 Å². The molecule has 1 fully saturated rings. The van der Waals surface area contributed by atoms with E-state index in [0.717, 1.165) is 42.1 Å². The summed E-state index contributed by atoms with van der Waals surface area (Å²) in [7, 11) is 5.44. The molecule has 0 aliphatic carbocycles. The first kappa shape index (κ1) is 20.0. The lowest BCUT2D eigenvalue weighted by atomic mass is 10.0. The van der Waals surface area contributed by atoms with Crippen LogP contribution in [0.15, 0.2) is 48.5 Å². The molecule has 1 heterocycles. The highest BCUT2D eigenvalue weighted by Crippen LogP contribution is 2.26. The number of carbonyl (C=O) groups excluding carboxylic acids is 1. The number of ether oxygens (including phenoxy) is 2. The maximum Gasteiger partial charge on any atom is 0.317 e. The van der Waals surface area contributed by atoms with Gasteiger partial charge in [0.05, 0.1) is 20.3 Å². The van der Waals surface area contributed by atoms with Crippen molar-refractivity contribution >= 4 is 6.03 Å². The molecule has 1 N–H and O–H groups in total. The van der Waals surface area contributed by atoms with Gasteiger partial charge in [-0.25, -0.2) is 4.79 Å². The van der Waals surface area contributed by atoms with Gasteiger partial charge in [0.25, 0.3) is 0 Å². The third kappa shape index (κ3) is 4.75. The molecule has 6 heteroatoms. The molecule has 2 amide bonds. The summed E-state index contributed by atoms with van der Waals surface area (Å²) in [6, 6.07) is 16.1. The van der Waals surface area contributed by atoms with Crippen molar-refractivity contribution in [2.24, 2.45) is 0 Å². The topological polar surface area (TPSA) is 54.0 Å². The number of methoxy groups -OCH3 is 2. The van der Waals surface area contributed by atoms with Crippen LogP contribution in [0.3, 0.4) is 0 Å². The molecule has 0 spiro atoms. The SMILES string of the molecule is COc1cccc(C2CN(C(=O)NCCc3ccccc3OC)CCN2C)c1. The lowest BCUT2D eigenvalue weighted by Gasteiger charge is -2.39. The summed E-state index contributed by atoms with van der Waals surface area (Å²) in [5.74, 6) is 1.69. The molecule has 1 unspecified atom stereocenters. The van der Waals surface area contributed by atoms with Gasteiger partial charge >= 0.3 is 6.03 Å². The molecule has 1 saturated heterocycles. The van der Waals surface area contributed by atoms with Crippen molar-refractivity contribution in [3.05, 3.63) is 59.7 Å². The van der Waals surface area contributed by atoms with E-state index in [1.807, 2.05) is 47.4 Å². The zero-order chi connectivity index (χ0) is 19.9. The summed E-state index contributed by atoms with van der Waals surface area (Å²) in [5.41, 5.74) is 2.26. The van der Waals surface area contributed by atoms with Gasteiger partial charge in [0.1, 0.15) is 11.5 Å². The Labute approximate surface area is 167 Å². The second-order valence-corrected chi connectivity index (χ2v) is 7.01. The number of piperazine rings is 1. The Bertz CT molecular complexity index is 796. The van der Waals surface area contributed by atoms with Crippen LogP contribution in [0.25, 0.3) is 0 Å². The van der Waals surface area contributed by atoms with Crippen LogP contribution < -0.4 is 14.8 Å². The predicted molar refractivity (Wildman–Crippen MR) is 110 cm³/mol. The average molecular weight is 383 g/mol. The Hall–Kier alpha value is -2.73. The predicted octanol–water partition coefficient (Wildman–Crippen LogP) is 2.94. The van der Waals surface area contributed by atoms with Gasteiger partial charge in [-0.1, -0.05) is 30.3 Å². The standard InChI is InChI=1S/C22H29N3O3/c1-24-13-14-25(16-20(24)18-8-6-9-19(15-18)27-2)22(26)23-12-11-17-7-4-5-10-21(17)28-3/h4-10,15,20H,11-14,16H2,1-3H3,(H,23,26). The van der Waals surface area contributed by atoms with E-state index in [-0.39, 0.29) is 12.1 Å². The second kappa shape index (κ2) is 9.46. The number of nitrogens with one attached hydrogen (secondary N) is 1. The van der Waals surface area contributed by atoms with E-state index in [9.17, 15) is 4.79 Å². The van der Waals surface area contributed by atoms with Crippen LogP contribution in [0.5, 0.6) is 11.5 Å². The fraction of sp³-hybridized carbons (Fsp3) is 0.409. The number of rotatable bonds is 6. The first-order valence-electron chi connectivity index (χ1n) is 9.61. The van der Waals surface area contributed by atoms with Crippen molar-refractivity contribution in [3.63, 3.8) is 0 Å². The Morgan fingerprint density at radius 2 is 1.93 bits per heavy atom. The maximum absolute atomic E-state index is 12.7. The summed E-state index contributed by atoms with van der Waals surface area (Å²) in [4.78, 5) is 16.9. The van der Waals surface area contributed by atoms with Crippen LogP contribution in [0.4, 0.5) is 4.79 Å². The molecule has 0 radical (unpaired) electrons. The Kier molecular flexibility index (Phi) is 6.76. The van der Waals surface area contributed by atoms with Gasteiger partial charge in [-0.3, -0.25) is 4.90 Å². The Balaban J connectivity index is 1.58. The van der Waals surface area contributed by atoms with Gasteiger partial charge in [0, 0.05) is 26.2 Å². The van der Waals surface area contributed by atoms with E-state index in [0.29, 0.717) is 13.1 Å². The van der Waals surface area contributed by atoms with Gasteiger partial charge < -0.3 is 19.7 Å². The summed E-state index contributed by atoms with van der Waals surface area (Å²) < 4.78 is 10.7. The molecule has 0 aromatic heterocycles. The van der Waals surface area contributed by atoms with Gasteiger partial charge in [-0.2, -0.15) is 0 Å². The quantitative estimate of drug-likeness (QED) is 0.833. The van der Waals surface area contributed by atoms with E-state index < -0.39 is 0 Å². The lowest BCUT2D eigenvalue weighted by Crippen LogP contribution is -2.52. The number of hydrogen-bond acceptors (Lipinski definition) is 4. The first-order valence-corrected chi connectivity index (χ1v) is 9.61. The number of nitrogens with zero attached hydrogens (tertiary/aromatic N) is 2. The smallest absolute Gasteiger partial charge is 0.317 e. The van der Waals surface area contributed by atoms with Crippen molar-refractivity contribution < 1.29 is 14.3 Å². The number of likely N-dealkylation sites (N-methyl/N-ethyl adjacent to an activating group) is 1. The molecule has 2 aromatic carbocycles. The van der Waals surface area contributed by atoms with Gasteiger partial charge in [0.15, 0.2) is 0 Å². The Morgan fingerprint density at radius 3 is 2.71 bits per heavy atom. The molecule has 1 aliphatic heterocycles. The van der Waals surface area contributed by atoms with Crippen LogP contribution in [0, 0.1) is 0 Å². The number of urea groups is 1. The Morgan fingerprint density at radius 1 is 1.11 bits per heavy atom. The summed E-state index contributed by atoms with van der Waals surface area (Å²) in [6.07, 6.45) is 0.739. The molecule has 150 valence electrons. The van der Waals surface area contributed by atoms with Crippen LogP contribution in [0.1, 0.15) is 17.2 Å². The number of amides is 2. The molecule has 2 aromatic rings. The zero-order valence-electron chi connectivity index (χ0n) is 16.9. The summed E-state index contributed by atoms with van der Waals surface area (Å²) in [5, 5.41) is 3.05. The minimum atomic E-state index is -0.0177. The minimum Gasteiger partial charge on any atom is -0.497 e. The monoisotopic (exact) mass is 383 g/mol. The minimum absolute atomic E-state index is 0.0177. The van der Waals surface area contributed by atoms with E-state index >= 15 is 0 Å². The fourth-order valence-corrected chi connectivity index (χ4v) is 3.59. The maximum atomic E-state index is 12.7. The molecular formula is C22H29N3O3. The van der Waals surface area contributed by atoms with Crippen molar-refractivity contribution in [3.8, 4) is 11.5 Å². The fourth-order valence-electron chi connectivity index (χ4n) is 3.59. The van der Waals surface area contributed by atoms with E-state index in [2.05, 4.69) is 23.3 Å². The van der Waals surface area contributed by atoms with E-state index in [1.165, 1.54) is 0 Å². The van der Waals surface area contributed by atoms with E-state index in [4.69, 9.17) is 9.47 Å². The molecule has 6 nitrogen and oxygen atoms in total. The molecule has 0 bridgehead atoms. The summed E-state index contributed by atoms with van der Waals surface area (Å²) in [6.45, 7) is 2.79. The molecular weight excluding hydrogens is 354 g/mol. The van der Waals surface area contributed by atoms with Crippen molar-refractivity contribution in [1.82, 2.24) is 15.1 Å². The zero-order valence-corrected chi connectivity index (χ0v) is 16.9. The van der Waals surface area contributed by atoms with Crippen LogP contribution in [-0.2, 0) is 6.42 Å². The number of para-hydroxylation sites is 1. The second-order valence-electron chi connectivity index (χ2n) is 7.01. The third-order valence-corrected chi connectivity index (χ3v) is 5.28. The first-order chi connectivity index (χ1) is 13.6. The highest BCUT2D eigenvalue weighted by Gasteiger charge is 2.28. The normalized spacial score (nSPS) is 17.2. The number of benzene rings is 2. The largest absolute Gasteiger partial charge is 0.497 e. The third-order valence-electron chi connectivity index (χ3n) is 5.28.